The molecule has 0 unspecified atom stereocenters. The summed E-state index contributed by atoms with van der Waals surface area (Å²) < 4.78 is 2.12. The van der Waals surface area contributed by atoms with E-state index in [4.69, 9.17) is 0 Å². The Morgan fingerprint density at radius 2 is 1.68 bits per heavy atom. The Hall–Kier alpha value is -2.35. The molecule has 0 fully saturated rings. The monoisotopic (exact) mass is 248 g/mol. The van der Waals surface area contributed by atoms with Gasteiger partial charge in [-0.15, -0.1) is 0 Å². The van der Waals surface area contributed by atoms with Gasteiger partial charge in [0.2, 0.25) is 0 Å². The molecule has 0 spiro atoms. The van der Waals surface area contributed by atoms with Gasteiger partial charge in [-0.3, -0.25) is 0 Å². The number of pyridine rings is 1. The molecule has 0 bridgehead atoms. The molecule has 0 aliphatic heterocycles. The van der Waals surface area contributed by atoms with Crippen molar-refractivity contribution < 1.29 is 0 Å². The summed E-state index contributed by atoms with van der Waals surface area (Å²) in [6, 6.07) is 14.5. The van der Waals surface area contributed by atoms with Gasteiger partial charge in [-0.25, -0.2) is 4.98 Å². The molecule has 94 valence electrons. The van der Waals surface area contributed by atoms with Crippen molar-refractivity contribution in [2.24, 2.45) is 0 Å². The van der Waals surface area contributed by atoms with Gasteiger partial charge in [0.25, 0.3) is 0 Å². The molecule has 3 rings (SSSR count). The number of hydrogen-bond acceptors (Lipinski definition) is 1. The van der Waals surface area contributed by atoms with Crippen LogP contribution in [0.15, 0.2) is 48.7 Å². The van der Waals surface area contributed by atoms with Crippen LogP contribution in [0.4, 0.5) is 0 Å². The number of rotatable bonds is 2. The average molecular weight is 248 g/mol. The normalized spacial score (nSPS) is 11.5. The minimum absolute atomic E-state index is 1.00. The fraction of sp³-hybridized carbons (Fsp3) is 0.118. The van der Waals surface area contributed by atoms with Crippen LogP contribution in [0.25, 0.3) is 17.8 Å². The lowest BCUT2D eigenvalue weighted by molar-refractivity contribution is 1.09. The second-order valence-electron chi connectivity index (χ2n) is 4.71. The smallest absolute Gasteiger partial charge is 0.137 e. The van der Waals surface area contributed by atoms with Gasteiger partial charge in [-0.1, -0.05) is 42.5 Å². The Labute approximate surface area is 113 Å². The summed E-state index contributed by atoms with van der Waals surface area (Å²) in [7, 11) is 0. The summed E-state index contributed by atoms with van der Waals surface area (Å²) in [5, 5.41) is 0. The SMILES string of the molecule is Cc1nc2cc(/C=C/c3ccccc3)ccn2c1C. The van der Waals surface area contributed by atoms with E-state index in [2.05, 4.69) is 58.9 Å². The van der Waals surface area contributed by atoms with E-state index >= 15 is 0 Å². The zero-order valence-electron chi connectivity index (χ0n) is 11.2. The van der Waals surface area contributed by atoms with Gasteiger partial charge in [0.1, 0.15) is 5.65 Å². The van der Waals surface area contributed by atoms with Gasteiger partial charge in [0.05, 0.1) is 5.69 Å². The van der Waals surface area contributed by atoms with E-state index in [0.717, 1.165) is 11.3 Å². The molecule has 0 radical (unpaired) electrons. The molecule has 0 saturated carbocycles. The number of aryl methyl sites for hydroxylation is 2. The number of hydrogen-bond donors (Lipinski definition) is 0. The predicted octanol–water partition coefficient (Wildman–Crippen LogP) is 4.12. The van der Waals surface area contributed by atoms with Crippen molar-refractivity contribution in [1.29, 1.82) is 0 Å². The van der Waals surface area contributed by atoms with Gasteiger partial charge < -0.3 is 4.40 Å². The zero-order valence-corrected chi connectivity index (χ0v) is 11.2. The van der Waals surface area contributed by atoms with Crippen molar-refractivity contribution in [2.75, 3.05) is 0 Å². The van der Waals surface area contributed by atoms with Gasteiger partial charge in [0.15, 0.2) is 0 Å². The Morgan fingerprint density at radius 3 is 2.47 bits per heavy atom. The first kappa shape index (κ1) is 11.7. The van der Waals surface area contributed by atoms with E-state index in [-0.39, 0.29) is 0 Å². The second kappa shape index (κ2) is 4.73. The number of imidazole rings is 1. The van der Waals surface area contributed by atoms with Crippen LogP contribution in [0.5, 0.6) is 0 Å². The summed E-state index contributed by atoms with van der Waals surface area (Å²) in [6.45, 7) is 4.14. The molecule has 0 aliphatic rings. The van der Waals surface area contributed by atoms with Crippen LogP contribution >= 0.6 is 0 Å². The standard InChI is InChI=1S/C17H16N2/c1-13-14(2)19-11-10-16(12-17(19)18-13)9-8-15-6-4-3-5-7-15/h3-12H,1-2H3/b9-8+. The molecular weight excluding hydrogens is 232 g/mol. The highest BCUT2D eigenvalue weighted by molar-refractivity contribution is 5.71. The lowest BCUT2D eigenvalue weighted by Gasteiger charge is -1.98. The van der Waals surface area contributed by atoms with E-state index in [9.17, 15) is 0 Å². The first-order chi connectivity index (χ1) is 9.24. The van der Waals surface area contributed by atoms with Crippen molar-refractivity contribution >= 4 is 17.8 Å². The van der Waals surface area contributed by atoms with Crippen LogP contribution in [-0.4, -0.2) is 9.38 Å². The minimum atomic E-state index is 1.00. The van der Waals surface area contributed by atoms with E-state index in [1.165, 1.54) is 16.8 Å². The summed E-state index contributed by atoms with van der Waals surface area (Å²) in [5.41, 5.74) is 5.67. The number of fused-ring (bicyclic) bond motifs is 1. The van der Waals surface area contributed by atoms with Crippen molar-refractivity contribution in [1.82, 2.24) is 9.38 Å². The van der Waals surface area contributed by atoms with Crippen molar-refractivity contribution in [3.8, 4) is 0 Å². The molecule has 3 aromatic rings. The van der Waals surface area contributed by atoms with Gasteiger partial charge >= 0.3 is 0 Å². The molecule has 2 aromatic heterocycles. The van der Waals surface area contributed by atoms with Crippen molar-refractivity contribution in [3.05, 3.63) is 71.2 Å². The van der Waals surface area contributed by atoms with Crippen molar-refractivity contribution in [3.63, 3.8) is 0 Å². The van der Waals surface area contributed by atoms with Crippen LogP contribution in [0.1, 0.15) is 22.5 Å². The molecule has 0 aliphatic carbocycles. The van der Waals surface area contributed by atoms with E-state index in [0.29, 0.717) is 0 Å². The van der Waals surface area contributed by atoms with Gasteiger partial charge in [-0.2, -0.15) is 0 Å². The average Bonchev–Trinajstić information content (AvgIpc) is 2.73. The van der Waals surface area contributed by atoms with Crippen molar-refractivity contribution in [2.45, 2.75) is 13.8 Å². The first-order valence-electron chi connectivity index (χ1n) is 6.42. The summed E-state index contributed by atoms with van der Waals surface area (Å²) in [5.74, 6) is 0. The fourth-order valence-electron chi connectivity index (χ4n) is 2.16. The molecule has 2 heteroatoms. The highest BCUT2D eigenvalue weighted by Crippen LogP contribution is 2.14. The van der Waals surface area contributed by atoms with Crippen LogP contribution < -0.4 is 0 Å². The predicted molar refractivity (Wildman–Crippen MR) is 80.0 cm³/mol. The molecule has 0 N–H and O–H groups in total. The maximum atomic E-state index is 4.56. The Balaban J connectivity index is 1.96. The summed E-state index contributed by atoms with van der Waals surface area (Å²) >= 11 is 0. The fourth-order valence-corrected chi connectivity index (χ4v) is 2.16. The van der Waals surface area contributed by atoms with Crippen LogP contribution in [0.2, 0.25) is 0 Å². The van der Waals surface area contributed by atoms with E-state index in [1.807, 2.05) is 25.1 Å². The van der Waals surface area contributed by atoms with Crippen LogP contribution in [-0.2, 0) is 0 Å². The molecule has 2 heterocycles. The molecule has 0 amide bonds. The van der Waals surface area contributed by atoms with Gasteiger partial charge in [-0.05, 0) is 37.1 Å². The third kappa shape index (κ3) is 2.29. The Bertz CT molecular complexity index is 737. The maximum Gasteiger partial charge on any atom is 0.137 e. The number of nitrogens with zero attached hydrogens (tertiary/aromatic N) is 2. The third-order valence-electron chi connectivity index (χ3n) is 3.39. The Morgan fingerprint density at radius 1 is 0.947 bits per heavy atom. The summed E-state index contributed by atoms with van der Waals surface area (Å²) in [6.07, 6.45) is 6.32. The molecule has 2 nitrogen and oxygen atoms in total. The Kier molecular flexibility index (Phi) is 2.92. The molecular formula is C17H16N2. The molecule has 0 atom stereocenters. The molecule has 0 saturated heterocycles. The topological polar surface area (TPSA) is 17.3 Å². The first-order valence-corrected chi connectivity index (χ1v) is 6.42. The number of benzene rings is 1. The zero-order chi connectivity index (χ0) is 13.2. The van der Waals surface area contributed by atoms with Crippen LogP contribution in [0.3, 0.4) is 0 Å². The molecule has 19 heavy (non-hydrogen) atoms. The van der Waals surface area contributed by atoms with E-state index < -0.39 is 0 Å². The van der Waals surface area contributed by atoms with Crippen LogP contribution in [0, 0.1) is 13.8 Å². The summed E-state index contributed by atoms with van der Waals surface area (Å²) in [4.78, 5) is 4.56. The third-order valence-corrected chi connectivity index (χ3v) is 3.39. The second-order valence-corrected chi connectivity index (χ2v) is 4.71. The van der Waals surface area contributed by atoms with Gasteiger partial charge in [0, 0.05) is 11.9 Å². The maximum absolute atomic E-state index is 4.56. The number of aromatic nitrogens is 2. The quantitative estimate of drug-likeness (QED) is 0.666. The lowest BCUT2D eigenvalue weighted by atomic mass is 10.1. The molecule has 1 aromatic carbocycles. The largest absolute Gasteiger partial charge is 0.304 e. The highest BCUT2D eigenvalue weighted by atomic mass is 15.0. The lowest BCUT2D eigenvalue weighted by Crippen LogP contribution is -1.87. The minimum Gasteiger partial charge on any atom is -0.304 e. The highest BCUT2D eigenvalue weighted by Gasteiger charge is 2.03. The van der Waals surface area contributed by atoms with E-state index in [1.54, 1.807) is 0 Å².